The monoisotopic (exact) mass is 420 g/mol. The van der Waals surface area contributed by atoms with E-state index in [4.69, 9.17) is 9.47 Å². The number of aliphatic hydroxyl groups is 1. The number of nitrogens with one attached hydrogen (secondary N) is 1. The summed E-state index contributed by atoms with van der Waals surface area (Å²) in [6.07, 6.45) is 1.58. The van der Waals surface area contributed by atoms with Crippen LogP contribution in [0.3, 0.4) is 0 Å². The zero-order valence-electron chi connectivity index (χ0n) is 18.7. The van der Waals surface area contributed by atoms with Gasteiger partial charge in [-0.1, -0.05) is 40.7 Å². The highest BCUT2D eigenvalue weighted by atomic mass is 16.6. The lowest BCUT2D eigenvalue weighted by atomic mass is 9.91. The Labute approximate surface area is 177 Å². The van der Waals surface area contributed by atoms with E-state index in [-0.39, 0.29) is 41.2 Å². The molecule has 1 atom stereocenters. The third kappa shape index (κ3) is 6.23. The van der Waals surface area contributed by atoms with E-state index >= 15 is 0 Å². The first-order valence-corrected chi connectivity index (χ1v) is 9.87. The Morgan fingerprint density at radius 1 is 1.17 bits per heavy atom. The molecule has 0 spiro atoms. The summed E-state index contributed by atoms with van der Waals surface area (Å²) in [5, 5.41) is 25.3. The zero-order chi connectivity index (χ0) is 23.0. The van der Waals surface area contributed by atoms with Crippen LogP contribution in [0.4, 0.5) is 0 Å². The number of nitrogens with zero attached hydrogens (tertiary/aromatic N) is 1. The normalized spacial score (nSPS) is 13.7. The summed E-state index contributed by atoms with van der Waals surface area (Å²) in [7, 11) is 3.01. The molecule has 1 amide bonds. The quantitative estimate of drug-likeness (QED) is 0.248. The third-order valence-corrected chi connectivity index (χ3v) is 4.63. The SMILES string of the molecule is CCC(=O)NC(C(/C=C(\C(C)C)[N+](=O)[O-])=C(\O)C(C)C)c1ccc(OC)c(OC)c1. The van der Waals surface area contributed by atoms with Crippen molar-refractivity contribution in [3.05, 3.63) is 57.0 Å². The maximum Gasteiger partial charge on any atom is 0.249 e. The van der Waals surface area contributed by atoms with Crippen molar-refractivity contribution in [3.63, 3.8) is 0 Å². The van der Waals surface area contributed by atoms with E-state index in [0.717, 1.165) is 0 Å². The zero-order valence-corrected chi connectivity index (χ0v) is 18.7. The predicted molar refractivity (Wildman–Crippen MR) is 115 cm³/mol. The number of allylic oxidation sites excluding steroid dienone is 2. The molecule has 1 unspecified atom stereocenters. The number of hydrogen-bond donors (Lipinski definition) is 2. The molecule has 0 aliphatic rings. The minimum atomic E-state index is -0.812. The van der Waals surface area contributed by atoms with E-state index in [2.05, 4.69) is 5.32 Å². The summed E-state index contributed by atoms with van der Waals surface area (Å²) in [5.41, 5.74) is 0.798. The Balaban J connectivity index is 3.79. The lowest BCUT2D eigenvalue weighted by Gasteiger charge is -2.24. The highest BCUT2D eigenvalue weighted by Crippen LogP contribution is 2.35. The van der Waals surface area contributed by atoms with Gasteiger partial charge in [-0.3, -0.25) is 14.9 Å². The van der Waals surface area contributed by atoms with Gasteiger partial charge in [0.2, 0.25) is 11.6 Å². The fraction of sp³-hybridized carbons (Fsp3) is 0.500. The van der Waals surface area contributed by atoms with Crippen molar-refractivity contribution in [1.82, 2.24) is 5.32 Å². The molecule has 0 aliphatic heterocycles. The predicted octanol–water partition coefficient (Wildman–Crippen LogP) is 4.56. The van der Waals surface area contributed by atoms with Gasteiger partial charge in [0.15, 0.2) is 11.5 Å². The van der Waals surface area contributed by atoms with E-state index in [1.54, 1.807) is 52.8 Å². The average molecular weight is 421 g/mol. The van der Waals surface area contributed by atoms with E-state index in [0.29, 0.717) is 17.1 Å². The second-order valence-corrected chi connectivity index (χ2v) is 7.44. The molecule has 0 saturated carbocycles. The number of carbonyl (C=O) groups excluding carboxylic acids is 1. The van der Waals surface area contributed by atoms with Crippen LogP contribution in [0.2, 0.25) is 0 Å². The molecule has 0 heterocycles. The summed E-state index contributed by atoms with van der Waals surface area (Å²) in [4.78, 5) is 23.4. The molecular weight excluding hydrogens is 388 g/mol. The Kier molecular flexibility index (Phi) is 9.36. The van der Waals surface area contributed by atoms with E-state index in [9.17, 15) is 20.0 Å². The number of hydrogen-bond acceptors (Lipinski definition) is 6. The molecule has 0 bridgehead atoms. The highest BCUT2D eigenvalue weighted by molar-refractivity contribution is 5.76. The Hall–Kier alpha value is -3.03. The largest absolute Gasteiger partial charge is 0.512 e. The fourth-order valence-corrected chi connectivity index (χ4v) is 2.86. The molecule has 1 aromatic carbocycles. The maximum atomic E-state index is 12.3. The summed E-state index contributed by atoms with van der Waals surface area (Å²) in [6.45, 7) is 8.66. The van der Waals surface area contributed by atoms with Crippen LogP contribution in [0.5, 0.6) is 11.5 Å². The van der Waals surface area contributed by atoms with Gasteiger partial charge in [-0.2, -0.15) is 0 Å². The highest BCUT2D eigenvalue weighted by Gasteiger charge is 2.27. The van der Waals surface area contributed by atoms with Crippen molar-refractivity contribution < 1.29 is 24.3 Å². The lowest BCUT2D eigenvalue weighted by Crippen LogP contribution is -2.30. The standard InChI is InChI=1S/C22H32N2O6/c1-8-20(25)23-21(15-9-10-18(29-6)19(11-15)30-7)16(22(26)14(4)5)12-17(13(2)3)24(27)28/h9-14,21,26H,8H2,1-7H3,(H,23,25)/b17-12+,22-16-. The number of nitro groups is 1. The molecule has 2 N–H and O–H groups in total. The molecule has 0 saturated heterocycles. The second-order valence-electron chi connectivity index (χ2n) is 7.44. The molecular formula is C22H32N2O6. The van der Waals surface area contributed by atoms with Crippen LogP contribution in [0.1, 0.15) is 52.6 Å². The van der Waals surface area contributed by atoms with Crippen molar-refractivity contribution in [2.24, 2.45) is 11.8 Å². The van der Waals surface area contributed by atoms with Gasteiger partial charge in [0, 0.05) is 29.9 Å². The van der Waals surface area contributed by atoms with Gasteiger partial charge < -0.3 is 19.9 Å². The van der Waals surface area contributed by atoms with Gasteiger partial charge in [-0.25, -0.2) is 0 Å². The molecule has 0 aromatic heterocycles. The molecule has 30 heavy (non-hydrogen) atoms. The Morgan fingerprint density at radius 3 is 2.20 bits per heavy atom. The molecule has 0 radical (unpaired) electrons. The number of methoxy groups -OCH3 is 2. The van der Waals surface area contributed by atoms with Gasteiger partial charge in [0.05, 0.1) is 25.2 Å². The first kappa shape index (κ1) is 25.0. The van der Waals surface area contributed by atoms with Gasteiger partial charge in [0.1, 0.15) is 5.76 Å². The molecule has 0 fully saturated rings. The van der Waals surface area contributed by atoms with Crippen LogP contribution >= 0.6 is 0 Å². The molecule has 8 nitrogen and oxygen atoms in total. The number of rotatable bonds is 10. The van der Waals surface area contributed by atoms with Crippen molar-refractivity contribution in [1.29, 1.82) is 0 Å². The molecule has 8 heteroatoms. The number of ether oxygens (including phenoxy) is 2. The smallest absolute Gasteiger partial charge is 0.249 e. The Bertz CT molecular complexity index is 827. The second kappa shape index (κ2) is 11.2. The number of benzene rings is 1. The Morgan fingerprint density at radius 2 is 1.77 bits per heavy atom. The lowest BCUT2D eigenvalue weighted by molar-refractivity contribution is -0.432. The van der Waals surface area contributed by atoms with E-state index in [1.165, 1.54) is 20.3 Å². The van der Waals surface area contributed by atoms with Crippen LogP contribution in [-0.4, -0.2) is 30.2 Å². The summed E-state index contributed by atoms with van der Waals surface area (Å²) >= 11 is 0. The maximum absolute atomic E-state index is 12.3. The molecule has 1 aromatic rings. The van der Waals surface area contributed by atoms with E-state index in [1.807, 2.05) is 0 Å². The van der Waals surface area contributed by atoms with Crippen LogP contribution < -0.4 is 14.8 Å². The number of carbonyl (C=O) groups is 1. The minimum Gasteiger partial charge on any atom is -0.512 e. The van der Waals surface area contributed by atoms with Crippen molar-refractivity contribution in [2.45, 2.75) is 47.1 Å². The van der Waals surface area contributed by atoms with Gasteiger partial charge in [0.25, 0.3) is 0 Å². The van der Waals surface area contributed by atoms with Crippen LogP contribution in [0.25, 0.3) is 0 Å². The fourth-order valence-electron chi connectivity index (χ4n) is 2.86. The first-order chi connectivity index (χ1) is 14.1. The number of amides is 1. The molecule has 166 valence electrons. The topological polar surface area (TPSA) is 111 Å². The summed E-state index contributed by atoms with van der Waals surface area (Å²) < 4.78 is 10.6. The van der Waals surface area contributed by atoms with Crippen LogP contribution in [0, 0.1) is 22.0 Å². The van der Waals surface area contributed by atoms with Gasteiger partial charge in [-0.05, 0) is 17.7 Å². The summed E-state index contributed by atoms with van der Waals surface area (Å²) in [5.74, 6) is -0.0447. The first-order valence-electron chi connectivity index (χ1n) is 9.87. The number of aliphatic hydroxyl groups excluding tert-OH is 1. The summed E-state index contributed by atoms with van der Waals surface area (Å²) in [6, 6.07) is 4.28. The van der Waals surface area contributed by atoms with Crippen molar-refractivity contribution in [2.75, 3.05) is 14.2 Å². The third-order valence-electron chi connectivity index (χ3n) is 4.63. The van der Waals surface area contributed by atoms with E-state index < -0.39 is 11.0 Å². The van der Waals surface area contributed by atoms with Crippen molar-refractivity contribution >= 4 is 5.91 Å². The molecule has 1 rings (SSSR count). The van der Waals surface area contributed by atoms with Gasteiger partial charge >= 0.3 is 0 Å². The van der Waals surface area contributed by atoms with Gasteiger partial charge in [-0.15, -0.1) is 0 Å². The van der Waals surface area contributed by atoms with Crippen LogP contribution in [-0.2, 0) is 4.79 Å². The molecule has 0 aliphatic carbocycles. The average Bonchev–Trinajstić information content (AvgIpc) is 2.71. The van der Waals surface area contributed by atoms with Crippen LogP contribution in [0.15, 0.2) is 41.3 Å². The van der Waals surface area contributed by atoms with Crippen molar-refractivity contribution in [3.8, 4) is 11.5 Å². The minimum absolute atomic E-state index is 0.0359.